The van der Waals surface area contributed by atoms with Crippen LogP contribution in [0.15, 0.2) is 24.3 Å². The van der Waals surface area contributed by atoms with Gasteiger partial charge in [0.25, 0.3) is 0 Å². The molecule has 2 saturated heterocycles. The number of likely N-dealkylation sites (tertiary alicyclic amines) is 1. The van der Waals surface area contributed by atoms with Crippen molar-refractivity contribution in [3.8, 4) is 0 Å². The molecular weight excluding hydrogens is 415 g/mol. The summed E-state index contributed by atoms with van der Waals surface area (Å²) in [5.41, 5.74) is -1.07. The minimum atomic E-state index is -4.60. The van der Waals surface area contributed by atoms with E-state index >= 15 is 0 Å². The smallest absolute Gasteiger partial charge is 0.416 e. The molecule has 10 heteroatoms. The summed E-state index contributed by atoms with van der Waals surface area (Å²) in [7, 11) is 0. The van der Waals surface area contributed by atoms with Crippen LogP contribution in [0.25, 0.3) is 0 Å². The molecule has 0 bridgehead atoms. The van der Waals surface area contributed by atoms with Crippen molar-refractivity contribution in [1.29, 1.82) is 0 Å². The first kappa shape index (κ1) is 23.2. The molecule has 2 atom stereocenters. The number of benzene rings is 1. The summed E-state index contributed by atoms with van der Waals surface area (Å²) in [5, 5.41) is 3.10. The van der Waals surface area contributed by atoms with Crippen molar-refractivity contribution < 1.29 is 32.3 Å². The predicted octanol–water partition coefficient (Wildman–Crippen LogP) is 2.10. The van der Waals surface area contributed by atoms with E-state index in [0.29, 0.717) is 39.1 Å². The van der Waals surface area contributed by atoms with Crippen molar-refractivity contribution >= 4 is 17.7 Å². The number of carbonyl (C=O) groups excluding carboxylic acids is 3. The van der Waals surface area contributed by atoms with Crippen molar-refractivity contribution in [2.24, 2.45) is 5.92 Å². The molecule has 3 rings (SSSR count). The number of halogens is 3. The van der Waals surface area contributed by atoms with Gasteiger partial charge in [-0.25, -0.2) is 4.79 Å². The Morgan fingerprint density at radius 1 is 1.16 bits per heavy atom. The molecule has 2 heterocycles. The van der Waals surface area contributed by atoms with Gasteiger partial charge in [0.05, 0.1) is 5.56 Å². The monoisotopic (exact) mass is 441 g/mol. The zero-order valence-corrected chi connectivity index (χ0v) is 17.3. The van der Waals surface area contributed by atoms with E-state index in [2.05, 4.69) is 5.32 Å². The van der Waals surface area contributed by atoms with Gasteiger partial charge in [-0.2, -0.15) is 13.2 Å². The summed E-state index contributed by atoms with van der Waals surface area (Å²) < 4.78 is 45.5. The quantitative estimate of drug-likeness (QED) is 0.729. The lowest BCUT2D eigenvalue weighted by Crippen LogP contribution is -2.51. The van der Waals surface area contributed by atoms with Gasteiger partial charge in [0.15, 0.2) is 5.78 Å². The lowest BCUT2D eigenvalue weighted by molar-refractivity contribution is -0.140. The summed E-state index contributed by atoms with van der Waals surface area (Å²) in [6.45, 7) is 4.01. The van der Waals surface area contributed by atoms with Gasteiger partial charge in [0.1, 0.15) is 5.78 Å². The highest BCUT2D eigenvalue weighted by Gasteiger charge is 2.39. The van der Waals surface area contributed by atoms with Crippen LogP contribution in [-0.2, 0) is 26.9 Å². The van der Waals surface area contributed by atoms with E-state index in [1.807, 2.05) is 0 Å². The van der Waals surface area contributed by atoms with Crippen LogP contribution in [0.3, 0.4) is 0 Å². The highest BCUT2D eigenvalue weighted by atomic mass is 19.4. The Morgan fingerprint density at radius 3 is 2.45 bits per heavy atom. The van der Waals surface area contributed by atoms with Crippen LogP contribution in [0.1, 0.15) is 24.5 Å². The molecule has 2 unspecified atom stereocenters. The van der Waals surface area contributed by atoms with E-state index in [1.165, 1.54) is 30.0 Å². The summed E-state index contributed by atoms with van der Waals surface area (Å²) in [5.74, 6) is -0.982. The molecule has 1 amide bonds. The standard InChI is InChI=1S/C21H26F3N3O4/c1-14(28)16-6-9-27(13-16)19(31-20(30)26-10-7-25-8-11-26)18(29)12-15-4-2-3-5-17(15)21(22,23)24/h2-5,16,19,25H,6-13H2,1H3. The lowest BCUT2D eigenvalue weighted by Gasteiger charge is -2.31. The normalized spacial score (nSPS) is 21.0. The zero-order valence-electron chi connectivity index (χ0n) is 17.3. The number of rotatable bonds is 6. The highest BCUT2D eigenvalue weighted by molar-refractivity contribution is 5.87. The Labute approximate surface area is 178 Å². The molecule has 0 aliphatic carbocycles. The van der Waals surface area contributed by atoms with Crippen molar-refractivity contribution in [3.63, 3.8) is 0 Å². The third-order valence-corrected chi connectivity index (χ3v) is 5.68. The molecule has 0 radical (unpaired) electrons. The number of nitrogens with zero attached hydrogens (tertiary/aromatic N) is 2. The van der Waals surface area contributed by atoms with Gasteiger partial charge in [-0.1, -0.05) is 18.2 Å². The Kier molecular flexibility index (Phi) is 7.32. The van der Waals surface area contributed by atoms with Gasteiger partial charge in [0.2, 0.25) is 6.23 Å². The van der Waals surface area contributed by atoms with E-state index < -0.39 is 36.3 Å². The molecule has 2 fully saturated rings. The maximum Gasteiger partial charge on any atom is 0.416 e. The number of carbonyl (C=O) groups is 3. The van der Waals surface area contributed by atoms with Crippen molar-refractivity contribution in [3.05, 3.63) is 35.4 Å². The Hall–Kier alpha value is -2.46. The summed E-state index contributed by atoms with van der Waals surface area (Å²) >= 11 is 0. The highest BCUT2D eigenvalue weighted by Crippen LogP contribution is 2.32. The summed E-state index contributed by atoms with van der Waals surface area (Å²) in [4.78, 5) is 40.5. The number of alkyl halides is 3. The first-order chi connectivity index (χ1) is 14.7. The van der Waals surface area contributed by atoms with Crippen LogP contribution in [0, 0.1) is 5.92 Å². The number of amides is 1. The van der Waals surface area contributed by atoms with Gasteiger partial charge in [0, 0.05) is 51.6 Å². The number of ketones is 2. The largest absolute Gasteiger partial charge is 0.422 e. The molecule has 1 aromatic rings. The second-order valence-corrected chi connectivity index (χ2v) is 7.86. The first-order valence-corrected chi connectivity index (χ1v) is 10.3. The second kappa shape index (κ2) is 9.78. The van der Waals surface area contributed by atoms with E-state index in [-0.39, 0.29) is 23.8 Å². The molecule has 170 valence electrons. The molecule has 0 aromatic heterocycles. The average molecular weight is 441 g/mol. The van der Waals surface area contributed by atoms with E-state index in [9.17, 15) is 27.6 Å². The predicted molar refractivity (Wildman–Crippen MR) is 105 cm³/mol. The van der Waals surface area contributed by atoms with Crippen LogP contribution in [-0.4, -0.2) is 73.0 Å². The van der Waals surface area contributed by atoms with Crippen LogP contribution < -0.4 is 5.32 Å². The SMILES string of the molecule is CC(=O)C1CCN(C(OC(=O)N2CCNCC2)C(=O)Cc2ccccc2C(F)(F)F)C1. The molecule has 0 spiro atoms. The molecular formula is C21H26F3N3O4. The number of nitrogens with one attached hydrogen (secondary N) is 1. The zero-order chi connectivity index (χ0) is 22.6. The van der Waals surface area contributed by atoms with E-state index in [1.54, 1.807) is 4.90 Å². The lowest BCUT2D eigenvalue weighted by atomic mass is 10.0. The van der Waals surface area contributed by atoms with Crippen molar-refractivity contribution in [2.75, 3.05) is 39.3 Å². The van der Waals surface area contributed by atoms with E-state index in [0.717, 1.165) is 6.07 Å². The van der Waals surface area contributed by atoms with Crippen LogP contribution in [0.2, 0.25) is 0 Å². The minimum Gasteiger partial charge on any atom is -0.422 e. The number of hydrogen-bond acceptors (Lipinski definition) is 6. The topological polar surface area (TPSA) is 79.0 Å². The molecule has 7 nitrogen and oxygen atoms in total. The molecule has 1 aromatic carbocycles. The van der Waals surface area contributed by atoms with Gasteiger partial charge in [-0.3, -0.25) is 14.5 Å². The van der Waals surface area contributed by atoms with Crippen LogP contribution >= 0.6 is 0 Å². The fraction of sp³-hybridized carbons (Fsp3) is 0.571. The van der Waals surface area contributed by atoms with Crippen LogP contribution in [0.4, 0.5) is 18.0 Å². The summed E-state index contributed by atoms with van der Waals surface area (Å²) in [6, 6.07) is 4.86. The van der Waals surface area contributed by atoms with Gasteiger partial charge >= 0.3 is 12.3 Å². The fourth-order valence-electron chi connectivity index (χ4n) is 3.92. The number of hydrogen-bond donors (Lipinski definition) is 1. The molecule has 0 saturated carbocycles. The third kappa shape index (κ3) is 5.82. The Bertz CT molecular complexity index is 824. The number of piperazine rings is 1. The molecule has 31 heavy (non-hydrogen) atoms. The van der Waals surface area contributed by atoms with Crippen LogP contribution in [0.5, 0.6) is 0 Å². The molecule has 1 N–H and O–H groups in total. The Morgan fingerprint density at radius 2 is 1.84 bits per heavy atom. The summed E-state index contributed by atoms with van der Waals surface area (Å²) in [6.07, 6.45) is -6.65. The first-order valence-electron chi connectivity index (χ1n) is 10.3. The van der Waals surface area contributed by atoms with Gasteiger partial charge in [-0.15, -0.1) is 0 Å². The van der Waals surface area contributed by atoms with E-state index in [4.69, 9.17) is 4.74 Å². The number of ether oxygens (including phenoxy) is 1. The number of Topliss-reactive ketones (excluding diaryl/α,β-unsaturated/α-hetero) is 2. The van der Waals surface area contributed by atoms with Gasteiger partial charge < -0.3 is 15.0 Å². The molecule has 2 aliphatic heterocycles. The second-order valence-electron chi connectivity index (χ2n) is 7.86. The molecule has 2 aliphatic rings. The average Bonchev–Trinajstić information content (AvgIpc) is 3.22. The maximum absolute atomic E-state index is 13.3. The third-order valence-electron chi connectivity index (χ3n) is 5.68. The minimum absolute atomic E-state index is 0.0375. The maximum atomic E-state index is 13.3. The van der Waals surface area contributed by atoms with Crippen molar-refractivity contribution in [1.82, 2.24) is 15.1 Å². The van der Waals surface area contributed by atoms with Crippen molar-refractivity contribution in [2.45, 2.75) is 32.2 Å². The fourth-order valence-corrected chi connectivity index (χ4v) is 3.92. The van der Waals surface area contributed by atoms with Gasteiger partial charge in [-0.05, 0) is 25.0 Å². The Balaban J connectivity index is 1.79.